The van der Waals surface area contributed by atoms with Crippen molar-refractivity contribution in [3.05, 3.63) is 23.3 Å². The van der Waals surface area contributed by atoms with Gasteiger partial charge in [0.2, 0.25) is 0 Å². The number of ketones is 1. The molecular weight excluding hydrogens is 186 g/mol. The van der Waals surface area contributed by atoms with Gasteiger partial charge in [0.1, 0.15) is 0 Å². The Balaban J connectivity index is 2.04. The number of carbonyl (C=O) groups excluding carboxylic acids is 1. The third-order valence-electron chi connectivity index (χ3n) is 3.88. The number of Topliss-reactive ketones (excluding diaryl/α,β-unsaturated/α-hetero) is 1. The molecule has 0 aromatic carbocycles. The summed E-state index contributed by atoms with van der Waals surface area (Å²) in [4.78, 5) is 12.0. The molecule has 1 aliphatic heterocycles. The first-order chi connectivity index (χ1) is 7.36. The quantitative estimate of drug-likeness (QED) is 0.652. The summed E-state index contributed by atoms with van der Waals surface area (Å²) < 4.78 is 0. The van der Waals surface area contributed by atoms with Crippen molar-refractivity contribution in [2.75, 3.05) is 6.54 Å². The van der Waals surface area contributed by atoms with E-state index in [4.69, 9.17) is 0 Å². The first-order valence-corrected chi connectivity index (χ1v) is 6.02. The summed E-state index contributed by atoms with van der Waals surface area (Å²) in [6.07, 6.45) is 9.93. The molecule has 0 amide bonds. The molecule has 0 aromatic rings. The fourth-order valence-electron chi connectivity index (χ4n) is 3.15. The van der Waals surface area contributed by atoms with Gasteiger partial charge in [-0.2, -0.15) is 0 Å². The number of hydrogen-bond donors (Lipinski definition) is 1. The molecule has 0 spiro atoms. The van der Waals surface area contributed by atoms with Gasteiger partial charge >= 0.3 is 0 Å². The lowest BCUT2D eigenvalue weighted by atomic mass is 9.73. The van der Waals surface area contributed by atoms with Crippen LogP contribution in [0.4, 0.5) is 0 Å². The van der Waals surface area contributed by atoms with Crippen molar-refractivity contribution in [2.24, 2.45) is 5.92 Å². The van der Waals surface area contributed by atoms with Gasteiger partial charge in [-0.25, -0.2) is 0 Å². The van der Waals surface area contributed by atoms with E-state index in [1.54, 1.807) is 0 Å². The normalized spacial score (nSPS) is 35.1. The molecule has 0 radical (unpaired) electrons. The molecule has 2 nitrogen and oxygen atoms in total. The first-order valence-electron chi connectivity index (χ1n) is 6.02. The number of fused-ring (bicyclic) bond motifs is 2. The van der Waals surface area contributed by atoms with E-state index < -0.39 is 0 Å². The number of nitrogens with one attached hydrogen (secondary N) is 1. The van der Waals surface area contributed by atoms with Crippen molar-refractivity contribution in [2.45, 2.75) is 38.1 Å². The Hall–Kier alpha value is -0.890. The minimum atomic E-state index is 0.0627. The molecule has 1 heterocycles. The fourth-order valence-corrected chi connectivity index (χ4v) is 3.15. The predicted molar refractivity (Wildman–Crippen MR) is 59.5 cm³/mol. The number of hydrogen-bond acceptors (Lipinski definition) is 2. The molecular formula is C13H17NO. The molecule has 3 rings (SSSR count). The van der Waals surface area contributed by atoms with Crippen LogP contribution in [0.1, 0.15) is 32.1 Å². The molecule has 2 unspecified atom stereocenters. The predicted octanol–water partition coefficient (Wildman–Crippen LogP) is 1.97. The molecule has 1 N–H and O–H groups in total. The Morgan fingerprint density at radius 3 is 3.27 bits per heavy atom. The van der Waals surface area contributed by atoms with Gasteiger partial charge in [0.25, 0.3) is 0 Å². The van der Waals surface area contributed by atoms with Gasteiger partial charge in [0.05, 0.1) is 6.04 Å². The Bertz CT molecular complexity index is 354. The molecule has 3 aliphatic rings. The summed E-state index contributed by atoms with van der Waals surface area (Å²) >= 11 is 0. The van der Waals surface area contributed by atoms with Crippen LogP contribution in [-0.4, -0.2) is 18.4 Å². The van der Waals surface area contributed by atoms with Gasteiger partial charge in [-0.1, -0.05) is 12.2 Å². The van der Waals surface area contributed by atoms with Crippen molar-refractivity contribution < 1.29 is 4.79 Å². The number of rotatable bonds is 0. The van der Waals surface area contributed by atoms with Crippen molar-refractivity contribution >= 4 is 5.78 Å². The van der Waals surface area contributed by atoms with Gasteiger partial charge in [-0.3, -0.25) is 4.79 Å². The second-order valence-electron chi connectivity index (χ2n) is 4.82. The second-order valence-corrected chi connectivity index (χ2v) is 4.82. The lowest BCUT2D eigenvalue weighted by molar-refractivity contribution is -0.121. The van der Waals surface area contributed by atoms with E-state index in [1.165, 1.54) is 24.0 Å². The van der Waals surface area contributed by atoms with Gasteiger partial charge in [-0.15, -0.1) is 0 Å². The molecule has 80 valence electrons. The average Bonchev–Trinajstić information content (AvgIpc) is 2.30. The van der Waals surface area contributed by atoms with E-state index >= 15 is 0 Å². The molecule has 2 aliphatic carbocycles. The molecule has 15 heavy (non-hydrogen) atoms. The van der Waals surface area contributed by atoms with Gasteiger partial charge in [0, 0.05) is 6.42 Å². The van der Waals surface area contributed by atoms with E-state index in [2.05, 4.69) is 17.5 Å². The maximum Gasteiger partial charge on any atom is 0.154 e. The second kappa shape index (κ2) is 3.60. The minimum absolute atomic E-state index is 0.0627. The molecule has 0 bridgehead atoms. The highest BCUT2D eigenvalue weighted by Gasteiger charge is 2.35. The third kappa shape index (κ3) is 1.48. The number of piperidine rings is 1. The average molecular weight is 203 g/mol. The van der Waals surface area contributed by atoms with Crippen LogP contribution in [0.3, 0.4) is 0 Å². The summed E-state index contributed by atoms with van der Waals surface area (Å²) in [5.74, 6) is 0.961. The van der Waals surface area contributed by atoms with Crippen LogP contribution in [0.25, 0.3) is 0 Å². The van der Waals surface area contributed by atoms with E-state index in [0.717, 1.165) is 25.8 Å². The van der Waals surface area contributed by atoms with Gasteiger partial charge < -0.3 is 5.32 Å². The lowest BCUT2D eigenvalue weighted by Crippen LogP contribution is -2.46. The van der Waals surface area contributed by atoms with Gasteiger partial charge in [0.15, 0.2) is 5.78 Å². The van der Waals surface area contributed by atoms with Crippen LogP contribution in [0.15, 0.2) is 23.3 Å². The van der Waals surface area contributed by atoms with Crippen LogP contribution < -0.4 is 5.32 Å². The smallest absolute Gasteiger partial charge is 0.154 e. The van der Waals surface area contributed by atoms with Crippen LogP contribution in [0, 0.1) is 5.92 Å². The lowest BCUT2D eigenvalue weighted by Gasteiger charge is -2.36. The van der Waals surface area contributed by atoms with Crippen molar-refractivity contribution in [1.29, 1.82) is 0 Å². The summed E-state index contributed by atoms with van der Waals surface area (Å²) in [5, 5.41) is 3.36. The summed E-state index contributed by atoms with van der Waals surface area (Å²) in [7, 11) is 0. The molecule has 1 fully saturated rings. The van der Waals surface area contributed by atoms with E-state index in [1.807, 2.05) is 0 Å². The van der Waals surface area contributed by atoms with Crippen LogP contribution in [0.5, 0.6) is 0 Å². The maximum atomic E-state index is 12.0. The van der Waals surface area contributed by atoms with Crippen molar-refractivity contribution in [3.63, 3.8) is 0 Å². The summed E-state index contributed by atoms with van der Waals surface area (Å²) in [6, 6.07) is 0.0627. The van der Waals surface area contributed by atoms with Crippen molar-refractivity contribution in [3.8, 4) is 0 Å². The number of carbonyl (C=O) groups is 1. The molecule has 1 saturated heterocycles. The Labute approximate surface area is 90.4 Å². The van der Waals surface area contributed by atoms with Crippen LogP contribution in [-0.2, 0) is 4.79 Å². The molecule has 2 atom stereocenters. The Morgan fingerprint density at radius 1 is 1.40 bits per heavy atom. The van der Waals surface area contributed by atoms with E-state index in [9.17, 15) is 4.79 Å². The highest BCUT2D eigenvalue weighted by Crippen LogP contribution is 2.38. The Morgan fingerprint density at radius 2 is 2.33 bits per heavy atom. The zero-order valence-electron chi connectivity index (χ0n) is 8.96. The highest BCUT2D eigenvalue weighted by atomic mass is 16.1. The minimum Gasteiger partial charge on any atom is -0.304 e. The van der Waals surface area contributed by atoms with Crippen molar-refractivity contribution in [1.82, 2.24) is 5.32 Å². The number of allylic oxidation sites excluding steroid dienone is 3. The monoisotopic (exact) mass is 203 g/mol. The van der Waals surface area contributed by atoms with E-state index in [-0.39, 0.29) is 6.04 Å². The standard InChI is InChI=1S/C13H17NO/c15-12-8-9-4-1-2-5-10(9)11-6-3-7-14-13(11)12/h2,5,9,13-14H,1,3-4,6-8H2. The zero-order valence-corrected chi connectivity index (χ0v) is 8.96. The SMILES string of the molecule is O=C1CC2CCC=CC2=C2CCCNC12. The highest BCUT2D eigenvalue weighted by molar-refractivity contribution is 5.90. The Kier molecular flexibility index (Phi) is 2.24. The molecule has 0 saturated carbocycles. The first kappa shape index (κ1) is 9.34. The maximum absolute atomic E-state index is 12.0. The largest absolute Gasteiger partial charge is 0.304 e. The molecule has 2 heteroatoms. The van der Waals surface area contributed by atoms with Crippen LogP contribution in [0.2, 0.25) is 0 Å². The van der Waals surface area contributed by atoms with Gasteiger partial charge in [-0.05, 0) is 49.3 Å². The third-order valence-corrected chi connectivity index (χ3v) is 3.88. The zero-order chi connectivity index (χ0) is 10.3. The summed E-state index contributed by atoms with van der Waals surface area (Å²) in [6.45, 7) is 1.00. The van der Waals surface area contributed by atoms with Crippen LogP contribution >= 0.6 is 0 Å². The fraction of sp³-hybridized carbons (Fsp3) is 0.615. The summed E-state index contributed by atoms with van der Waals surface area (Å²) in [5.41, 5.74) is 2.89. The molecule has 0 aromatic heterocycles. The topological polar surface area (TPSA) is 29.1 Å². The van der Waals surface area contributed by atoms with E-state index in [0.29, 0.717) is 11.7 Å².